The first-order valence-corrected chi connectivity index (χ1v) is 13.4. The van der Waals surface area contributed by atoms with E-state index in [1.807, 2.05) is 59.2 Å². The standard InChI is InChI=1S/C28H36BrN3O4/c1-20-7-8-25(35-3)21(15-20)16-28(34)32-10-9-26(36-24-6-4-5-23(29)18-24)22(19-32)17-27(33)31-13-11-30(2)12-14-31/h4-8,15,18,22,26H,9-14,16-17,19H2,1-3H3/t22-,26-/m0/s1. The Morgan fingerprint density at radius 3 is 2.50 bits per heavy atom. The van der Waals surface area contributed by atoms with Gasteiger partial charge in [0.1, 0.15) is 17.6 Å². The number of piperidine rings is 1. The van der Waals surface area contributed by atoms with Crippen LogP contribution in [-0.2, 0) is 16.0 Å². The SMILES string of the molecule is COc1ccc(C)cc1CC(=O)N1CC[C@H](Oc2cccc(Br)c2)[C@@H](CC(=O)N2CCN(C)CC2)C1. The van der Waals surface area contributed by atoms with Crippen molar-refractivity contribution in [3.63, 3.8) is 0 Å². The maximum absolute atomic E-state index is 13.3. The number of piperazine rings is 1. The van der Waals surface area contributed by atoms with Crippen LogP contribution in [0.15, 0.2) is 46.9 Å². The minimum Gasteiger partial charge on any atom is -0.496 e. The van der Waals surface area contributed by atoms with E-state index < -0.39 is 0 Å². The van der Waals surface area contributed by atoms with Crippen molar-refractivity contribution in [1.82, 2.24) is 14.7 Å². The quantitative estimate of drug-likeness (QED) is 0.518. The molecule has 0 bridgehead atoms. The first kappa shape index (κ1) is 26.5. The third-order valence-electron chi connectivity index (χ3n) is 7.17. The molecule has 2 amide bonds. The molecule has 2 saturated heterocycles. The molecular weight excluding hydrogens is 522 g/mol. The average molecular weight is 559 g/mol. The molecule has 36 heavy (non-hydrogen) atoms. The second kappa shape index (κ2) is 12.1. The van der Waals surface area contributed by atoms with E-state index in [4.69, 9.17) is 9.47 Å². The molecule has 0 saturated carbocycles. The van der Waals surface area contributed by atoms with Gasteiger partial charge in [-0.2, -0.15) is 0 Å². The number of nitrogens with zero attached hydrogens (tertiary/aromatic N) is 3. The summed E-state index contributed by atoms with van der Waals surface area (Å²) in [4.78, 5) is 32.7. The molecule has 0 aliphatic carbocycles. The highest BCUT2D eigenvalue weighted by molar-refractivity contribution is 9.10. The summed E-state index contributed by atoms with van der Waals surface area (Å²) in [5.74, 6) is 1.62. The second-order valence-electron chi connectivity index (χ2n) is 9.88. The van der Waals surface area contributed by atoms with Gasteiger partial charge < -0.3 is 24.2 Å². The van der Waals surface area contributed by atoms with Crippen molar-refractivity contribution in [1.29, 1.82) is 0 Å². The number of aryl methyl sites for hydroxylation is 1. The molecule has 2 aliphatic rings. The van der Waals surface area contributed by atoms with Crippen LogP contribution in [0.2, 0.25) is 0 Å². The number of carbonyl (C=O) groups excluding carboxylic acids is 2. The molecule has 2 fully saturated rings. The highest BCUT2D eigenvalue weighted by Gasteiger charge is 2.36. The van der Waals surface area contributed by atoms with Crippen molar-refractivity contribution in [3.05, 3.63) is 58.1 Å². The van der Waals surface area contributed by atoms with Gasteiger partial charge >= 0.3 is 0 Å². The largest absolute Gasteiger partial charge is 0.496 e. The van der Waals surface area contributed by atoms with Crippen LogP contribution in [0.4, 0.5) is 0 Å². The molecule has 0 N–H and O–H groups in total. The summed E-state index contributed by atoms with van der Waals surface area (Å²) in [6, 6.07) is 13.7. The van der Waals surface area contributed by atoms with Crippen LogP contribution < -0.4 is 9.47 Å². The van der Waals surface area contributed by atoms with E-state index in [-0.39, 0.29) is 30.3 Å². The van der Waals surface area contributed by atoms with E-state index in [9.17, 15) is 9.59 Å². The molecule has 0 aromatic heterocycles. The van der Waals surface area contributed by atoms with Crippen LogP contribution in [-0.4, -0.2) is 86.0 Å². The third-order valence-corrected chi connectivity index (χ3v) is 7.66. The smallest absolute Gasteiger partial charge is 0.227 e. The fourth-order valence-corrected chi connectivity index (χ4v) is 5.41. The van der Waals surface area contributed by atoms with Crippen LogP contribution in [0, 0.1) is 12.8 Å². The number of methoxy groups -OCH3 is 1. The molecule has 2 aliphatic heterocycles. The van der Waals surface area contributed by atoms with Crippen LogP contribution in [0.1, 0.15) is 24.0 Å². The Labute approximate surface area is 222 Å². The lowest BCUT2D eigenvalue weighted by Gasteiger charge is -2.40. The van der Waals surface area contributed by atoms with Crippen LogP contribution in [0.5, 0.6) is 11.5 Å². The predicted octanol–water partition coefficient (Wildman–Crippen LogP) is 3.77. The van der Waals surface area contributed by atoms with Crippen molar-refractivity contribution < 1.29 is 19.1 Å². The zero-order chi connectivity index (χ0) is 25.7. The van der Waals surface area contributed by atoms with Crippen LogP contribution in [0.25, 0.3) is 0 Å². The zero-order valence-corrected chi connectivity index (χ0v) is 23.0. The minimum absolute atomic E-state index is 0.0526. The molecule has 194 valence electrons. The highest BCUT2D eigenvalue weighted by Crippen LogP contribution is 2.29. The number of likely N-dealkylation sites (tertiary alicyclic amines) is 1. The number of ether oxygens (including phenoxy) is 2. The number of hydrogen-bond donors (Lipinski definition) is 0. The van der Waals surface area contributed by atoms with Gasteiger partial charge in [-0.05, 0) is 38.2 Å². The highest BCUT2D eigenvalue weighted by atomic mass is 79.9. The Morgan fingerprint density at radius 1 is 1.00 bits per heavy atom. The number of benzene rings is 2. The second-order valence-corrected chi connectivity index (χ2v) is 10.8. The Morgan fingerprint density at radius 2 is 1.78 bits per heavy atom. The average Bonchev–Trinajstić information content (AvgIpc) is 2.85. The summed E-state index contributed by atoms with van der Waals surface area (Å²) in [5, 5.41) is 0. The van der Waals surface area contributed by atoms with E-state index in [0.29, 0.717) is 25.9 Å². The van der Waals surface area contributed by atoms with Gasteiger partial charge in [0, 0.05) is 68.1 Å². The summed E-state index contributed by atoms with van der Waals surface area (Å²) in [7, 11) is 3.71. The Hall–Kier alpha value is -2.58. The van der Waals surface area contributed by atoms with E-state index >= 15 is 0 Å². The van der Waals surface area contributed by atoms with Gasteiger partial charge in [0.25, 0.3) is 0 Å². The van der Waals surface area contributed by atoms with E-state index in [1.54, 1.807) is 7.11 Å². The van der Waals surface area contributed by atoms with Crippen molar-refractivity contribution in [3.8, 4) is 11.5 Å². The number of halogens is 1. The Balaban J connectivity index is 1.47. The maximum atomic E-state index is 13.3. The van der Waals surface area contributed by atoms with Crippen molar-refractivity contribution in [2.45, 2.75) is 32.3 Å². The van der Waals surface area contributed by atoms with Crippen molar-refractivity contribution in [2.75, 3.05) is 53.4 Å². The number of amides is 2. The first-order chi connectivity index (χ1) is 17.3. The molecule has 2 aromatic rings. The molecule has 7 nitrogen and oxygen atoms in total. The van der Waals surface area contributed by atoms with Crippen molar-refractivity contribution >= 4 is 27.7 Å². The summed E-state index contributed by atoms with van der Waals surface area (Å²) < 4.78 is 12.8. The minimum atomic E-state index is -0.131. The fraction of sp³-hybridized carbons (Fsp3) is 0.500. The lowest BCUT2D eigenvalue weighted by Crippen LogP contribution is -2.52. The predicted molar refractivity (Wildman–Crippen MR) is 143 cm³/mol. The Kier molecular flexibility index (Phi) is 8.90. The van der Waals surface area contributed by atoms with Gasteiger partial charge in [0.2, 0.25) is 11.8 Å². The fourth-order valence-electron chi connectivity index (χ4n) is 5.03. The normalized spacial score (nSPS) is 20.8. The monoisotopic (exact) mass is 557 g/mol. The van der Waals surface area contributed by atoms with Gasteiger partial charge in [-0.25, -0.2) is 0 Å². The number of likely N-dealkylation sites (N-methyl/N-ethyl adjacent to an activating group) is 1. The zero-order valence-electron chi connectivity index (χ0n) is 21.4. The third kappa shape index (κ3) is 6.79. The molecule has 2 heterocycles. The molecular formula is C28H36BrN3O4. The maximum Gasteiger partial charge on any atom is 0.227 e. The van der Waals surface area contributed by atoms with Gasteiger partial charge in [0.15, 0.2) is 0 Å². The lowest BCUT2D eigenvalue weighted by atomic mass is 9.90. The molecule has 0 unspecified atom stereocenters. The summed E-state index contributed by atoms with van der Waals surface area (Å²) in [5.41, 5.74) is 1.98. The topological polar surface area (TPSA) is 62.3 Å². The molecule has 0 spiro atoms. The summed E-state index contributed by atoms with van der Waals surface area (Å²) in [6.07, 6.45) is 1.21. The van der Waals surface area contributed by atoms with E-state index in [1.165, 1.54) is 0 Å². The van der Waals surface area contributed by atoms with Gasteiger partial charge in [0.05, 0.1) is 13.5 Å². The van der Waals surface area contributed by atoms with Gasteiger partial charge in [-0.15, -0.1) is 0 Å². The van der Waals surface area contributed by atoms with E-state index in [0.717, 1.165) is 53.3 Å². The lowest BCUT2D eigenvalue weighted by molar-refractivity contribution is -0.139. The summed E-state index contributed by atoms with van der Waals surface area (Å²) in [6.45, 7) is 6.38. The van der Waals surface area contributed by atoms with Crippen molar-refractivity contribution in [2.24, 2.45) is 5.92 Å². The molecule has 4 rings (SSSR count). The number of rotatable bonds is 7. The number of carbonyl (C=O) groups is 2. The molecule has 8 heteroatoms. The van der Waals surface area contributed by atoms with E-state index in [2.05, 4.69) is 27.9 Å². The number of hydrogen-bond acceptors (Lipinski definition) is 5. The van der Waals surface area contributed by atoms with Crippen LogP contribution in [0.3, 0.4) is 0 Å². The molecule has 2 aromatic carbocycles. The first-order valence-electron chi connectivity index (χ1n) is 12.6. The molecule has 2 atom stereocenters. The van der Waals surface area contributed by atoms with Crippen LogP contribution >= 0.6 is 15.9 Å². The Bertz CT molecular complexity index is 1070. The summed E-state index contributed by atoms with van der Waals surface area (Å²) >= 11 is 3.51. The van der Waals surface area contributed by atoms with Gasteiger partial charge in [-0.3, -0.25) is 9.59 Å². The van der Waals surface area contributed by atoms with Gasteiger partial charge in [-0.1, -0.05) is 39.7 Å². The molecule has 0 radical (unpaired) electrons.